The third kappa shape index (κ3) is 3.47. The molecule has 0 saturated carbocycles. The molecule has 2 aromatic rings. The van der Waals surface area contributed by atoms with Crippen molar-refractivity contribution >= 4 is 33.0 Å². The van der Waals surface area contributed by atoms with Gasteiger partial charge in [0.2, 0.25) is 0 Å². The van der Waals surface area contributed by atoms with Gasteiger partial charge in [0.05, 0.1) is 29.5 Å². The molecular formula is C14H16BrN3. The lowest BCUT2D eigenvalue weighted by atomic mass is 10.3. The Morgan fingerprint density at radius 3 is 2.72 bits per heavy atom. The highest BCUT2D eigenvalue weighted by Gasteiger charge is 2.00. The molecule has 1 aromatic carbocycles. The van der Waals surface area contributed by atoms with E-state index in [4.69, 9.17) is 0 Å². The van der Waals surface area contributed by atoms with Crippen molar-refractivity contribution in [2.75, 3.05) is 17.2 Å². The first-order valence-electron chi connectivity index (χ1n) is 6.00. The minimum Gasteiger partial charge on any atom is -0.384 e. The molecule has 94 valence electrons. The van der Waals surface area contributed by atoms with Crippen molar-refractivity contribution in [3.05, 3.63) is 47.2 Å². The molecule has 0 spiro atoms. The first-order valence-corrected chi connectivity index (χ1v) is 6.79. The topological polar surface area (TPSA) is 37.0 Å². The quantitative estimate of drug-likeness (QED) is 0.859. The summed E-state index contributed by atoms with van der Waals surface area (Å²) in [6.07, 6.45) is 4.75. The van der Waals surface area contributed by atoms with Crippen LogP contribution in [0.25, 0.3) is 0 Å². The van der Waals surface area contributed by atoms with Crippen molar-refractivity contribution in [1.82, 2.24) is 4.98 Å². The van der Waals surface area contributed by atoms with Gasteiger partial charge in [-0.25, -0.2) is 0 Å². The molecule has 0 fully saturated rings. The highest BCUT2D eigenvalue weighted by atomic mass is 79.9. The zero-order valence-corrected chi connectivity index (χ0v) is 11.9. The van der Waals surface area contributed by atoms with E-state index < -0.39 is 0 Å². The van der Waals surface area contributed by atoms with Gasteiger partial charge in [-0.05, 0) is 40.5 Å². The van der Waals surface area contributed by atoms with Gasteiger partial charge >= 0.3 is 0 Å². The standard InChI is InChI=1S/C14H16BrN3/c1-2-7-17-11-8-12(10-16-9-11)18-14-6-4-3-5-13(14)15/h3-6,8-10,17-18H,2,7H2,1H3. The van der Waals surface area contributed by atoms with Crippen LogP contribution >= 0.6 is 15.9 Å². The van der Waals surface area contributed by atoms with Gasteiger partial charge in [-0.1, -0.05) is 19.1 Å². The van der Waals surface area contributed by atoms with E-state index >= 15 is 0 Å². The first-order chi connectivity index (χ1) is 8.79. The highest BCUT2D eigenvalue weighted by molar-refractivity contribution is 9.10. The smallest absolute Gasteiger partial charge is 0.0591 e. The van der Waals surface area contributed by atoms with Gasteiger partial charge in [0.1, 0.15) is 0 Å². The Bertz CT molecular complexity index is 514. The summed E-state index contributed by atoms with van der Waals surface area (Å²) in [6, 6.07) is 10.1. The summed E-state index contributed by atoms with van der Waals surface area (Å²) in [7, 11) is 0. The molecule has 1 heterocycles. The van der Waals surface area contributed by atoms with Crippen LogP contribution in [-0.4, -0.2) is 11.5 Å². The molecule has 1 aromatic heterocycles. The molecule has 2 N–H and O–H groups in total. The number of pyridine rings is 1. The van der Waals surface area contributed by atoms with Crippen molar-refractivity contribution in [3.8, 4) is 0 Å². The molecule has 0 saturated heterocycles. The van der Waals surface area contributed by atoms with Crippen molar-refractivity contribution in [2.24, 2.45) is 0 Å². The van der Waals surface area contributed by atoms with Crippen molar-refractivity contribution in [3.63, 3.8) is 0 Å². The Hall–Kier alpha value is -1.55. The van der Waals surface area contributed by atoms with Crippen LogP contribution in [0.15, 0.2) is 47.2 Å². The number of benzene rings is 1. The summed E-state index contributed by atoms with van der Waals surface area (Å²) in [6.45, 7) is 3.10. The molecule has 2 rings (SSSR count). The third-order valence-electron chi connectivity index (χ3n) is 2.47. The molecule has 0 aliphatic heterocycles. The normalized spacial score (nSPS) is 10.1. The number of rotatable bonds is 5. The summed E-state index contributed by atoms with van der Waals surface area (Å²) >= 11 is 3.52. The van der Waals surface area contributed by atoms with Crippen molar-refractivity contribution in [2.45, 2.75) is 13.3 Å². The predicted molar refractivity (Wildman–Crippen MR) is 80.4 cm³/mol. The van der Waals surface area contributed by atoms with E-state index in [2.05, 4.69) is 44.5 Å². The number of aromatic nitrogens is 1. The average molecular weight is 306 g/mol. The maximum Gasteiger partial charge on any atom is 0.0591 e. The van der Waals surface area contributed by atoms with Crippen LogP contribution in [0.3, 0.4) is 0 Å². The Morgan fingerprint density at radius 1 is 1.17 bits per heavy atom. The molecule has 0 aliphatic rings. The van der Waals surface area contributed by atoms with Crippen LogP contribution in [0.4, 0.5) is 17.1 Å². The van der Waals surface area contributed by atoms with Gasteiger partial charge in [-0.2, -0.15) is 0 Å². The zero-order valence-electron chi connectivity index (χ0n) is 10.3. The number of para-hydroxylation sites is 1. The van der Waals surface area contributed by atoms with E-state index in [-0.39, 0.29) is 0 Å². The average Bonchev–Trinajstić information content (AvgIpc) is 2.40. The number of halogens is 1. The fourth-order valence-electron chi connectivity index (χ4n) is 1.59. The van der Waals surface area contributed by atoms with Crippen LogP contribution in [0, 0.1) is 0 Å². The second-order valence-electron chi connectivity index (χ2n) is 3.99. The molecule has 0 amide bonds. The zero-order chi connectivity index (χ0) is 12.8. The van der Waals surface area contributed by atoms with E-state index in [1.165, 1.54) is 0 Å². The second-order valence-corrected chi connectivity index (χ2v) is 4.85. The summed E-state index contributed by atoms with van der Waals surface area (Å²) < 4.78 is 1.04. The minimum atomic E-state index is 0.958. The summed E-state index contributed by atoms with van der Waals surface area (Å²) in [5, 5.41) is 6.66. The molecule has 0 unspecified atom stereocenters. The fraction of sp³-hybridized carbons (Fsp3) is 0.214. The largest absolute Gasteiger partial charge is 0.384 e. The van der Waals surface area contributed by atoms with Gasteiger partial charge < -0.3 is 10.6 Å². The molecule has 3 nitrogen and oxygen atoms in total. The summed E-state index contributed by atoms with van der Waals surface area (Å²) in [5.74, 6) is 0. The third-order valence-corrected chi connectivity index (χ3v) is 3.16. The number of anilines is 3. The fourth-order valence-corrected chi connectivity index (χ4v) is 1.98. The van der Waals surface area contributed by atoms with Gasteiger partial charge in [-0.15, -0.1) is 0 Å². The van der Waals surface area contributed by atoms with Crippen molar-refractivity contribution in [1.29, 1.82) is 0 Å². The molecule has 0 radical (unpaired) electrons. The molecule has 0 bridgehead atoms. The SMILES string of the molecule is CCCNc1cncc(Nc2ccccc2Br)c1. The molecule has 18 heavy (non-hydrogen) atoms. The lowest BCUT2D eigenvalue weighted by molar-refractivity contribution is 0.978. The summed E-state index contributed by atoms with van der Waals surface area (Å²) in [4.78, 5) is 4.22. The van der Waals surface area contributed by atoms with Crippen LogP contribution in [0.2, 0.25) is 0 Å². The number of hydrogen-bond donors (Lipinski definition) is 2. The van der Waals surface area contributed by atoms with E-state index in [9.17, 15) is 0 Å². The maximum atomic E-state index is 4.22. The molecule has 0 aliphatic carbocycles. The number of nitrogens with one attached hydrogen (secondary N) is 2. The number of hydrogen-bond acceptors (Lipinski definition) is 3. The van der Waals surface area contributed by atoms with Crippen LogP contribution in [-0.2, 0) is 0 Å². The lowest BCUT2D eigenvalue weighted by Crippen LogP contribution is -2.01. The van der Waals surface area contributed by atoms with Gasteiger partial charge in [0, 0.05) is 11.0 Å². The maximum absolute atomic E-state index is 4.22. The Balaban J connectivity index is 2.12. The highest BCUT2D eigenvalue weighted by Crippen LogP contribution is 2.25. The van der Waals surface area contributed by atoms with E-state index in [0.29, 0.717) is 0 Å². The monoisotopic (exact) mass is 305 g/mol. The van der Waals surface area contributed by atoms with Crippen LogP contribution in [0.1, 0.15) is 13.3 Å². The van der Waals surface area contributed by atoms with Gasteiger partial charge in [-0.3, -0.25) is 4.98 Å². The second kappa shape index (κ2) is 6.40. The van der Waals surface area contributed by atoms with E-state index in [0.717, 1.165) is 34.5 Å². The summed E-state index contributed by atoms with van der Waals surface area (Å²) in [5.41, 5.74) is 3.05. The van der Waals surface area contributed by atoms with Gasteiger partial charge in [0.25, 0.3) is 0 Å². The molecule has 4 heteroatoms. The Kier molecular flexibility index (Phi) is 4.59. The Morgan fingerprint density at radius 2 is 1.94 bits per heavy atom. The minimum absolute atomic E-state index is 0.958. The van der Waals surface area contributed by atoms with Crippen LogP contribution < -0.4 is 10.6 Å². The molecule has 0 atom stereocenters. The van der Waals surface area contributed by atoms with Crippen molar-refractivity contribution < 1.29 is 0 Å². The van der Waals surface area contributed by atoms with Crippen LogP contribution in [0.5, 0.6) is 0 Å². The van der Waals surface area contributed by atoms with Gasteiger partial charge in [0.15, 0.2) is 0 Å². The predicted octanol–water partition coefficient (Wildman–Crippen LogP) is 4.41. The first kappa shape index (κ1) is 12.9. The Labute approximate surface area is 116 Å². The van der Waals surface area contributed by atoms with E-state index in [1.807, 2.05) is 36.7 Å². The molecular weight excluding hydrogens is 290 g/mol. The van der Waals surface area contributed by atoms with E-state index in [1.54, 1.807) is 0 Å². The lowest BCUT2D eigenvalue weighted by Gasteiger charge is -2.10. The number of nitrogens with zero attached hydrogens (tertiary/aromatic N) is 1.